The van der Waals surface area contributed by atoms with Crippen LogP contribution in [-0.4, -0.2) is 9.97 Å². The van der Waals surface area contributed by atoms with E-state index in [1.165, 1.54) is 18.5 Å². The third kappa shape index (κ3) is 4.46. The number of nitrogen functional groups attached to an aromatic ring is 1. The van der Waals surface area contributed by atoms with Gasteiger partial charge < -0.3 is 16.4 Å². The minimum Gasteiger partial charge on any atom is -0.393 e. The SMILES string of the molecule is CC(Nc1ncnc(Nc2ccc(C(F)(F)F)cc2)c1N)c1ccccc1. The lowest BCUT2D eigenvalue weighted by atomic mass is 10.1. The Morgan fingerprint density at radius 1 is 0.926 bits per heavy atom. The molecule has 140 valence electrons. The number of benzene rings is 2. The van der Waals surface area contributed by atoms with Crippen molar-refractivity contribution in [3.05, 3.63) is 72.1 Å². The second-order valence-corrected chi connectivity index (χ2v) is 5.96. The van der Waals surface area contributed by atoms with Gasteiger partial charge in [-0.3, -0.25) is 0 Å². The van der Waals surface area contributed by atoms with Gasteiger partial charge in [0.15, 0.2) is 11.6 Å². The molecule has 1 aromatic heterocycles. The molecular weight excluding hydrogens is 355 g/mol. The van der Waals surface area contributed by atoms with Crippen molar-refractivity contribution < 1.29 is 13.2 Å². The minimum atomic E-state index is -4.38. The number of nitrogens with zero attached hydrogens (tertiary/aromatic N) is 2. The standard InChI is InChI=1S/C19H18F3N5/c1-12(13-5-3-2-4-6-13)26-17-16(23)18(25-11-24-17)27-15-9-7-14(8-10-15)19(20,21)22/h2-12H,23H2,1H3,(H2,24,25,26,27). The van der Waals surface area contributed by atoms with Crippen LogP contribution in [0.5, 0.6) is 0 Å². The lowest BCUT2D eigenvalue weighted by Crippen LogP contribution is -2.11. The van der Waals surface area contributed by atoms with Gasteiger partial charge in [0.1, 0.15) is 12.0 Å². The van der Waals surface area contributed by atoms with Crippen LogP contribution in [0, 0.1) is 0 Å². The van der Waals surface area contributed by atoms with Gasteiger partial charge in [0, 0.05) is 5.69 Å². The van der Waals surface area contributed by atoms with E-state index in [9.17, 15) is 13.2 Å². The number of aromatic nitrogens is 2. The van der Waals surface area contributed by atoms with Crippen LogP contribution in [-0.2, 0) is 6.18 Å². The maximum atomic E-state index is 12.7. The van der Waals surface area contributed by atoms with E-state index in [-0.39, 0.29) is 11.7 Å². The number of nitrogens with two attached hydrogens (primary N) is 1. The van der Waals surface area contributed by atoms with E-state index in [1.807, 2.05) is 37.3 Å². The van der Waals surface area contributed by atoms with Crippen molar-refractivity contribution in [1.29, 1.82) is 0 Å². The molecule has 0 spiro atoms. The summed E-state index contributed by atoms with van der Waals surface area (Å²) in [6.45, 7) is 1.97. The topological polar surface area (TPSA) is 75.9 Å². The van der Waals surface area contributed by atoms with Crippen LogP contribution in [0.25, 0.3) is 0 Å². The van der Waals surface area contributed by atoms with Crippen LogP contribution >= 0.6 is 0 Å². The Kier molecular flexibility index (Phi) is 5.16. The molecule has 0 radical (unpaired) electrons. The van der Waals surface area contributed by atoms with Crippen LogP contribution < -0.4 is 16.4 Å². The van der Waals surface area contributed by atoms with E-state index < -0.39 is 11.7 Å². The second kappa shape index (κ2) is 7.53. The lowest BCUT2D eigenvalue weighted by molar-refractivity contribution is -0.137. The summed E-state index contributed by atoms with van der Waals surface area (Å²) in [5.74, 6) is 0.753. The average Bonchev–Trinajstić information content (AvgIpc) is 2.65. The molecule has 2 aromatic carbocycles. The fraction of sp³-hybridized carbons (Fsp3) is 0.158. The molecule has 8 heteroatoms. The van der Waals surface area contributed by atoms with Crippen LogP contribution in [0.3, 0.4) is 0 Å². The molecule has 0 saturated carbocycles. The molecule has 4 N–H and O–H groups in total. The van der Waals surface area contributed by atoms with Gasteiger partial charge in [0.2, 0.25) is 0 Å². The van der Waals surface area contributed by atoms with Gasteiger partial charge in [-0.05, 0) is 36.8 Å². The van der Waals surface area contributed by atoms with E-state index in [0.29, 0.717) is 17.3 Å². The minimum absolute atomic E-state index is 0.0395. The highest BCUT2D eigenvalue weighted by molar-refractivity contribution is 5.77. The average molecular weight is 373 g/mol. The number of halogens is 3. The summed E-state index contributed by atoms with van der Waals surface area (Å²) in [6.07, 6.45) is -3.04. The smallest absolute Gasteiger partial charge is 0.393 e. The first kappa shape index (κ1) is 18.5. The van der Waals surface area contributed by atoms with Crippen molar-refractivity contribution in [2.75, 3.05) is 16.4 Å². The van der Waals surface area contributed by atoms with E-state index >= 15 is 0 Å². The van der Waals surface area contributed by atoms with E-state index in [4.69, 9.17) is 5.73 Å². The van der Waals surface area contributed by atoms with Gasteiger partial charge in [0.25, 0.3) is 0 Å². The van der Waals surface area contributed by atoms with Gasteiger partial charge in [-0.2, -0.15) is 13.2 Å². The highest BCUT2D eigenvalue weighted by Crippen LogP contribution is 2.32. The number of rotatable bonds is 5. The van der Waals surface area contributed by atoms with E-state index in [0.717, 1.165) is 17.7 Å². The predicted molar refractivity (Wildman–Crippen MR) is 99.7 cm³/mol. The fourth-order valence-corrected chi connectivity index (χ4v) is 2.52. The lowest BCUT2D eigenvalue weighted by Gasteiger charge is -2.17. The van der Waals surface area contributed by atoms with Crippen molar-refractivity contribution in [3.63, 3.8) is 0 Å². The summed E-state index contributed by atoms with van der Waals surface area (Å²) in [6, 6.07) is 14.4. The van der Waals surface area contributed by atoms with Crippen molar-refractivity contribution >= 4 is 23.0 Å². The molecule has 0 aliphatic rings. The molecule has 1 heterocycles. The van der Waals surface area contributed by atoms with Gasteiger partial charge >= 0.3 is 6.18 Å². The summed E-state index contributed by atoms with van der Waals surface area (Å²) in [5, 5.41) is 6.14. The monoisotopic (exact) mass is 373 g/mol. The summed E-state index contributed by atoms with van der Waals surface area (Å²) in [5.41, 5.74) is 7.19. The third-order valence-corrected chi connectivity index (χ3v) is 4.01. The molecule has 0 fully saturated rings. The largest absolute Gasteiger partial charge is 0.416 e. The first-order valence-electron chi connectivity index (χ1n) is 8.21. The summed E-state index contributed by atoms with van der Waals surface area (Å²) in [4.78, 5) is 8.23. The molecule has 0 aliphatic heterocycles. The molecular formula is C19H18F3N5. The highest BCUT2D eigenvalue weighted by Gasteiger charge is 2.30. The van der Waals surface area contributed by atoms with Crippen LogP contribution in [0.2, 0.25) is 0 Å². The quantitative estimate of drug-likeness (QED) is 0.587. The Morgan fingerprint density at radius 2 is 1.56 bits per heavy atom. The summed E-state index contributed by atoms with van der Waals surface area (Å²) >= 11 is 0. The molecule has 1 unspecified atom stereocenters. The van der Waals surface area contributed by atoms with Gasteiger partial charge in [-0.25, -0.2) is 9.97 Å². The van der Waals surface area contributed by atoms with Crippen molar-refractivity contribution in [2.45, 2.75) is 19.1 Å². The predicted octanol–water partition coefficient (Wildman–Crippen LogP) is 4.99. The Labute approximate surface area is 154 Å². The highest BCUT2D eigenvalue weighted by atomic mass is 19.4. The molecule has 0 saturated heterocycles. The number of hydrogen-bond donors (Lipinski definition) is 3. The number of alkyl halides is 3. The fourth-order valence-electron chi connectivity index (χ4n) is 2.52. The van der Waals surface area contributed by atoms with E-state index in [1.54, 1.807) is 0 Å². The normalized spacial score (nSPS) is 12.4. The van der Waals surface area contributed by atoms with Crippen LogP contribution in [0.15, 0.2) is 60.9 Å². The number of nitrogens with one attached hydrogen (secondary N) is 2. The van der Waals surface area contributed by atoms with Gasteiger partial charge in [-0.15, -0.1) is 0 Å². The molecule has 0 bridgehead atoms. The zero-order valence-corrected chi connectivity index (χ0v) is 14.5. The summed E-state index contributed by atoms with van der Waals surface area (Å²) < 4.78 is 38.0. The first-order chi connectivity index (χ1) is 12.8. The zero-order valence-electron chi connectivity index (χ0n) is 14.5. The maximum absolute atomic E-state index is 12.7. The number of hydrogen-bond acceptors (Lipinski definition) is 5. The Bertz CT molecular complexity index is 895. The second-order valence-electron chi connectivity index (χ2n) is 5.96. The molecule has 27 heavy (non-hydrogen) atoms. The van der Waals surface area contributed by atoms with Gasteiger partial charge in [0.05, 0.1) is 11.6 Å². The van der Waals surface area contributed by atoms with Crippen LogP contribution in [0.4, 0.5) is 36.2 Å². The Morgan fingerprint density at radius 3 is 2.19 bits per heavy atom. The van der Waals surface area contributed by atoms with Crippen molar-refractivity contribution in [3.8, 4) is 0 Å². The molecule has 0 amide bonds. The number of anilines is 4. The van der Waals surface area contributed by atoms with Crippen LogP contribution in [0.1, 0.15) is 24.1 Å². The van der Waals surface area contributed by atoms with Gasteiger partial charge in [-0.1, -0.05) is 30.3 Å². The van der Waals surface area contributed by atoms with E-state index in [2.05, 4.69) is 20.6 Å². The molecule has 5 nitrogen and oxygen atoms in total. The van der Waals surface area contributed by atoms with Crippen molar-refractivity contribution in [2.24, 2.45) is 0 Å². The summed E-state index contributed by atoms with van der Waals surface area (Å²) in [7, 11) is 0. The maximum Gasteiger partial charge on any atom is 0.416 e. The molecule has 1 atom stereocenters. The Balaban J connectivity index is 1.77. The molecule has 3 rings (SSSR count). The Hall–Kier alpha value is -3.29. The molecule has 3 aromatic rings. The molecule has 0 aliphatic carbocycles. The first-order valence-corrected chi connectivity index (χ1v) is 8.21. The van der Waals surface area contributed by atoms with Crippen molar-refractivity contribution in [1.82, 2.24) is 9.97 Å². The zero-order chi connectivity index (χ0) is 19.4. The third-order valence-electron chi connectivity index (χ3n) is 4.01.